The lowest BCUT2D eigenvalue weighted by molar-refractivity contribution is 0.183. The zero-order valence-electron chi connectivity index (χ0n) is 9.17. The average molecular weight is 193 g/mol. The molecule has 0 aromatic heterocycles. The van der Waals surface area contributed by atoms with E-state index in [0.717, 1.165) is 12.1 Å². The van der Waals surface area contributed by atoms with Crippen LogP contribution in [-0.2, 0) is 0 Å². The molecule has 1 aromatic carbocycles. The lowest BCUT2D eigenvalue weighted by atomic mass is 10.1. The van der Waals surface area contributed by atoms with Gasteiger partial charge in [0.15, 0.2) is 0 Å². The van der Waals surface area contributed by atoms with Gasteiger partial charge >= 0.3 is 0 Å². The smallest absolute Gasteiger partial charge is 0.0709 e. The van der Waals surface area contributed by atoms with Gasteiger partial charge in [-0.05, 0) is 43.5 Å². The standard InChI is InChI=1S/C12H19NO/c1-4-12(14)8-13-11-6-5-9(2)10(3)7-11/h5-7,12-14H,4,8H2,1-3H3/t12-/m0/s1. The van der Waals surface area contributed by atoms with Gasteiger partial charge in [-0.15, -0.1) is 0 Å². The molecule has 2 nitrogen and oxygen atoms in total. The Morgan fingerprint density at radius 2 is 2.00 bits per heavy atom. The van der Waals surface area contributed by atoms with Crippen LogP contribution in [0.5, 0.6) is 0 Å². The third kappa shape index (κ3) is 3.04. The molecule has 0 amide bonds. The Hall–Kier alpha value is -1.02. The maximum absolute atomic E-state index is 9.38. The van der Waals surface area contributed by atoms with E-state index in [1.807, 2.05) is 13.0 Å². The molecule has 1 rings (SSSR count). The number of nitrogens with one attached hydrogen (secondary N) is 1. The van der Waals surface area contributed by atoms with E-state index in [1.54, 1.807) is 0 Å². The molecule has 2 heteroatoms. The highest BCUT2D eigenvalue weighted by Gasteiger charge is 2.00. The molecular weight excluding hydrogens is 174 g/mol. The number of anilines is 1. The van der Waals surface area contributed by atoms with Crippen LogP contribution < -0.4 is 5.32 Å². The predicted molar refractivity (Wildman–Crippen MR) is 60.7 cm³/mol. The van der Waals surface area contributed by atoms with Crippen LogP contribution in [0.1, 0.15) is 24.5 Å². The van der Waals surface area contributed by atoms with E-state index >= 15 is 0 Å². The molecule has 0 saturated heterocycles. The molecule has 0 spiro atoms. The van der Waals surface area contributed by atoms with Gasteiger partial charge in [-0.1, -0.05) is 13.0 Å². The van der Waals surface area contributed by atoms with Gasteiger partial charge in [-0.2, -0.15) is 0 Å². The van der Waals surface area contributed by atoms with E-state index in [9.17, 15) is 5.11 Å². The largest absolute Gasteiger partial charge is 0.391 e. The molecule has 2 N–H and O–H groups in total. The molecule has 1 aromatic rings. The van der Waals surface area contributed by atoms with Crippen LogP contribution in [-0.4, -0.2) is 17.8 Å². The number of hydrogen-bond donors (Lipinski definition) is 2. The number of aliphatic hydroxyl groups excluding tert-OH is 1. The molecular formula is C12H19NO. The van der Waals surface area contributed by atoms with Crippen molar-refractivity contribution in [1.29, 1.82) is 0 Å². The monoisotopic (exact) mass is 193 g/mol. The van der Waals surface area contributed by atoms with Crippen LogP contribution in [0.15, 0.2) is 18.2 Å². The molecule has 0 heterocycles. The number of aryl methyl sites for hydroxylation is 2. The molecule has 0 radical (unpaired) electrons. The summed E-state index contributed by atoms with van der Waals surface area (Å²) in [6.45, 7) is 6.79. The van der Waals surface area contributed by atoms with Crippen molar-refractivity contribution in [2.24, 2.45) is 0 Å². The maximum atomic E-state index is 9.38. The fourth-order valence-electron chi connectivity index (χ4n) is 1.23. The van der Waals surface area contributed by atoms with Crippen LogP contribution >= 0.6 is 0 Å². The van der Waals surface area contributed by atoms with Gasteiger partial charge in [0.25, 0.3) is 0 Å². The lowest BCUT2D eigenvalue weighted by Crippen LogP contribution is -2.18. The van der Waals surface area contributed by atoms with E-state index in [4.69, 9.17) is 0 Å². The molecule has 14 heavy (non-hydrogen) atoms. The summed E-state index contributed by atoms with van der Waals surface area (Å²) in [4.78, 5) is 0. The highest BCUT2D eigenvalue weighted by atomic mass is 16.3. The van der Waals surface area contributed by atoms with E-state index in [2.05, 4.69) is 31.3 Å². The first-order valence-electron chi connectivity index (χ1n) is 5.12. The highest BCUT2D eigenvalue weighted by Crippen LogP contribution is 2.14. The number of rotatable bonds is 4. The van der Waals surface area contributed by atoms with Crippen molar-refractivity contribution >= 4 is 5.69 Å². The van der Waals surface area contributed by atoms with Crippen molar-refractivity contribution in [3.63, 3.8) is 0 Å². The Labute approximate surface area is 86.0 Å². The molecule has 78 valence electrons. The topological polar surface area (TPSA) is 32.3 Å². The second-order valence-electron chi connectivity index (χ2n) is 3.74. The first-order chi connectivity index (χ1) is 6.63. The van der Waals surface area contributed by atoms with Crippen molar-refractivity contribution in [3.05, 3.63) is 29.3 Å². The lowest BCUT2D eigenvalue weighted by Gasteiger charge is -2.11. The zero-order chi connectivity index (χ0) is 10.6. The summed E-state index contributed by atoms with van der Waals surface area (Å²) in [5.74, 6) is 0. The summed E-state index contributed by atoms with van der Waals surface area (Å²) < 4.78 is 0. The summed E-state index contributed by atoms with van der Waals surface area (Å²) in [5, 5.41) is 12.6. The van der Waals surface area contributed by atoms with Gasteiger partial charge in [-0.25, -0.2) is 0 Å². The fraction of sp³-hybridized carbons (Fsp3) is 0.500. The normalized spacial score (nSPS) is 12.6. The van der Waals surface area contributed by atoms with Crippen molar-refractivity contribution < 1.29 is 5.11 Å². The summed E-state index contributed by atoms with van der Waals surface area (Å²) >= 11 is 0. The second-order valence-corrected chi connectivity index (χ2v) is 3.74. The van der Waals surface area contributed by atoms with E-state index in [1.165, 1.54) is 11.1 Å². The average Bonchev–Trinajstić information content (AvgIpc) is 2.19. The van der Waals surface area contributed by atoms with Gasteiger partial charge in [-0.3, -0.25) is 0 Å². The number of aliphatic hydroxyl groups is 1. The first kappa shape index (κ1) is 11.1. The molecule has 0 saturated carbocycles. The minimum Gasteiger partial charge on any atom is -0.391 e. The summed E-state index contributed by atoms with van der Waals surface area (Å²) in [7, 11) is 0. The van der Waals surface area contributed by atoms with E-state index in [-0.39, 0.29) is 6.10 Å². The Morgan fingerprint density at radius 3 is 2.57 bits per heavy atom. The van der Waals surface area contributed by atoms with Crippen LogP contribution in [0, 0.1) is 13.8 Å². The zero-order valence-corrected chi connectivity index (χ0v) is 9.17. The van der Waals surface area contributed by atoms with E-state index < -0.39 is 0 Å². The molecule has 0 bridgehead atoms. The number of hydrogen-bond acceptors (Lipinski definition) is 2. The van der Waals surface area contributed by atoms with Crippen molar-refractivity contribution in [1.82, 2.24) is 0 Å². The summed E-state index contributed by atoms with van der Waals surface area (Å²) in [6.07, 6.45) is 0.536. The van der Waals surface area contributed by atoms with Crippen LogP contribution in [0.25, 0.3) is 0 Å². The maximum Gasteiger partial charge on any atom is 0.0709 e. The molecule has 0 aliphatic carbocycles. The van der Waals surface area contributed by atoms with Crippen molar-refractivity contribution in [2.75, 3.05) is 11.9 Å². The summed E-state index contributed by atoms with van der Waals surface area (Å²) in [6, 6.07) is 6.25. The Morgan fingerprint density at radius 1 is 1.29 bits per heavy atom. The highest BCUT2D eigenvalue weighted by molar-refractivity contribution is 5.48. The van der Waals surface area contributed by atoms with Gasteiger partial charge < -0.3 is 10.4 Å². The van der Waals surface area contributed by atoms with E-state index in [0.29, 0.717) is 6.54 Å². The van der Waals surface area contributed by atoms with Gasteiger partial charge in [0.1, 0.15) is 0 Å². The third-order valence-electron chi connectivity index (χ3n) is 2.52. The molecule has 0 aliphatic rings. The Kier molecular flexibility index (Phi) is 3.96. The third-order valence-corrected chi connectivity index (χ3v) is 2.52. The van der Waals surface area contributed by atoms with Crippen LogP contribution in [0.3, 0.4) is 0 Å². The van der Waals surface area contributed by atoms with Gasteiger partial charge in [0.05, 0.1) is 6.10 Å². The minimum atomic E-state index is -0.253. The molecule has 0 aliphatic heterocycles. The molecule has 0 unspecified atom stereocenters. The van der Waals surface area contributed by atoms with Gasteiger partial charge in [0.2, 0.25) is 0 Å². The van der Waals surface area contributed by atoms with Crippen molar-refractivity contribution in [3.8, 4) is 0 Å². The fourth-order valence-corrected chi connectivity index (χ4v) is 1.23. The van der Waals surface area contributed by atoms with Crippen LogP contribution in [0.2, 0.25) is 0 Å². The minimum absolute atomic E-state index is 0.253. The second kappa shape index (κ2) is 5.01. The number of benzene rings is 1. The molecule has 0 fully saturated rings. The SMILES string of the molecule is CC[C@H](O)CNc1ccc(C)c(C)c1. The quantitative estimate of drug-likeness (QED) is 0.770. The van der Waals surface area contributed by atoms with Crippen LogP contribution in [0.4, 0.5) is 5.69 Å². The Bertz CT molecular complexity index is 296. The summed E-state index contributed by atoms with van der Waals surface area (Å²) in [5.41, 5.74) is 3.66. The first-order valence-corrected chi connectivity index (χ1v) is 5.12. The van der Waals surface area contributed by atoms with Gasteiger partial charge in [0, 0.05) is 12.2 Å². The predicted octanol–water partition coefficient (Wildman–Crippen LogP) is 2.49. The van der Waals surface area contributed by atoms with Crippen molar-refractivity contribution in [2.45, 2.75) is 33.3 Å². The Balaban J connectivity index is 2.55. The molecule has 1 atom stereocenters.